The van der Waals surface area contributed by atoms with Crippen LogP contribution in [0.4, 0.5) is 4.79 Å². The fraction of sp³-hybridized carbons (Fsp3) is 0.600. The number of hydrogen-bond acceptors (Lipinski definition) is 2. The van der Waals surface area contributed by atoms with Gasteiger partial charge in [-0.15, -0.1) is 0 Å². The summed E-state index contributed by atoms with van der Waals surface area (Å²) < 4.78 is 0. The lowest BCUT2D eigenvalue weighted by atomic mass is 10.4. The highest BCUT2D eigenvalue weighted by molar-refractivity contribution is 5.65. The summed E-state index contributed by atoms with van der Waals surface area (Å²) in [5.41, 5.74) is 0. The van der Waals surface area contributed by atoms with E-state index < -0.39 is 6.09 Å². The fourth-order valence-electron chi connectivity index (χ4n) is 0.741. The van der Waals surface area contributed by atoms with Gasteiger partial charge in [0, 0.05) is 26.2 Å². The summed E-state index contributed by atoms with van der Waals surface area (Å²) in [4.78, 5) is 11.6. The zero-order valence-corrected chi connectivity index (χ0v) is 5.00. The Balaban J connectivity index is 2.31. The van der Waals surface area contributed by atoms with Crippen LogP contribution in [0.3, 0.4) is 0 Å². The van der Waals surface area contributed by atoms with Crippen molar-refractivity contribution in [2.75, 3.05) is 19.6 Å². The normalized spacial score (nSPS) is 19.8. The van der Waals surface area contributed by atoms with Crippen LogP contribution >= 0.6 is 0 Å². The van der Waals surface area contributed by atoms with Crippen molar-refractivity contribution < 1.29 is 9.90 Å². The molecule has 9 heavy (non-hydrogen) atoms. The van der Waals surface area contributed by atoms with Gasteiger partial charge in [0.05, 0.1) is 0 Å². The molecule has 0 spiro atoms. The maximum Gasteiger partial charge on any atom is 0.407 e. The molecule has 0 saturated carbocycles. The summed E-state index contributed by atoms with van der Waals surface area (Å²) in [5, 5.41) is 11.4. The highest BCUT2D eigenvalue weighted by atomic mass is 16.4. The molecule has 0 bridgehead atoms. The molecule has 0 aromatic rings. The van der Waals surface area contributed by atoms with Crippen molar-refractivity contribution in [2.24, 2.45) is 0 Å². The van der Waals surface area contributed by atoms with E-state index in [2.05, 4.69) is 5.32 Å². The smallest absolute Gasteiger partial charge is 0.407 e. The van der Waals surface area contributed by atoms with E-state index in [1.165, 1.54) is 4.90 Å². The number of piperazine rings is 1. The van der Waals surface area contributed by atoms with Crippen LogP contribution in [0.15, 0.2) is 0 Å². The van der Waals surface area contributed by atoms with Crippen molar-refractivity contribution in [1.29, 1.82) is 0 Å². The molecule has 1 aliphatic rings. The van der Waals surface area contributed by atoms with Gasteiger partial charge >= 0.3 is 6.09 Å². The van der Waals surface area contributed by atoms with Crippen molar-refractivity contribution in [1.82, 2.24) is 10.2 Å². The molecule has 0 unspecified atom stereocenters. The minimum atomic E-state index is -0.840. The lowest BCUT2D eigenvalue weighted by Crippen LogP contribution is -2.43. The van der Waals surface area contributed by atoms with Gasteiger partial charge in [0.2, 0.25) is 0 Å². The van der Waals surface area contributed by atoms with Crippen LogP contribution in [-0.4, -0.2) is 35.7 Å². The Morgan fingerprint density at radius 3 is 2.89 bits per heavy atom. The zero-order chi connectivity index (χ0) is 6.69. The summed E-state index contributed by atoms with van der Waals surface area (Å²) >= 11 is 0. The van der Waals surface area contributed by atoms with E-state index in [4.69, 9.17) is 5.11 Å². The van der Waals surface area contributed by atoms with Gasteiger partial charge in [-0.2, -0.15) is 0 Å². The highest BCUT2D eigenvalue weighted by Gasteiger charge is 2.13. The van der Waals surface area contributed by atoms with Crippen LogP contribution in [0.1, 0.15) is 0 Å². The van der Waals surface area contributed by atoms with E-state index in [1.54, 1.807) is 6.54 Å². The Kier molecular flexibility index (Phi) is 1.89. The van der Waals surface area contributed by atoms with Crippen LogP contribution in [0.5, 0.6) is 0 Å². The third kappa shape index (κ3) is 1.57. The predicted octanol–water partition coefficient (Wildman–Crippen LogP) is -0.269. The highest BCUT2D eigenvalue weighted by Crippen LogP contribution is 1.93. The third-order valence-electron chi connectivity index (χ3n) is 1.25. The second-order valence-electron chi connectivity index (χ2n) is 1.89. The molecule has 2 N–H and O–H groups in total. The Hall–Kier alpha value is -0.770. The Morgan fingerprint density at radius 2 is 2.56 bits per heavy atom. The van der Waals surface area contributed by atoms with Crippen molar-refractivity contribution in [3.8, 4) is 0 Å². The van der Waals surface area contributed by atoms with Crippen LogP contribution in [-0.2, 0) is 0 Å². The van der Waals surface area contributed by atoms with Gasteiger partial charge in [-0.25, -0.2) is 4.79 Å². The van der Waals surface area contributed by atoms with Crippen molar-refractivity contribution in [3.05, 3.63) is 6.54 Å². The van der Waals surface area contributed by atoms with Crippen LogP contribution in [0, 0.1) is 6.54 Å². The summed E-state index contributed by atoms with van der Waals surface area (Å²) in [6.07, 6.45) is -0.840. The van der Waals surface area contributed by atoms with Crippen LogP contribution < -0.4 is 5.32 Å². The second kappa shape index (κ2) is 2.68. The fourth-order valence-corrected chi connectivity index (χ4v) is 0.741. The molecule has 51 valence electrons. The molecule has 4 nitrogen and oxygen atoms in total. The number of carboxylic acid groups (broad SMARTS) is 1. The second-order valence-corrected chi connectivity index (χ2v) is 1.89. The minimum absolute atomic E-state index is 0.495. The monoisotopic (exact) mass is 129 g/mol. The number of rotatable bonds is 0. The first-order chi connectivity index (χ1) is 4.30. The van der Waals surface area contributed by atoms with Crippen LogP contribution in [0.25, 0.3) is 0 Å². The molecule has 1 amide bonds. The van der Waals surface area contributed by atoms with Crippen molar-refractivity contribution in [3.63, 3.8) is 0 Å². The Labute approximate surface area is 53.5 Å². The van der Waals surface area contributed by atoms with E-state index in [0.717, 1.165) is 6.54 Å². The lowest BCUT2D eigenvalue weighted by molar-refractivity contribution is 0.143. The number of nitrogens with one attached hydrogen (secondary N) is 1. The first-order valence-electron chi connectivity index (χ1n) is 2.83. The molecule has 1 fully saturated rings. The summed E-state index contributed by atoms with van der Waals surface area (Å²) in [5.74, 6) is 0. The molecule has 0 aliphatic carbocycles. The van der Waals surface area contributed by atoms with Gasteiger partial charge in [-0.05, 0) is 0 Å². The first kappa shape index (κ1) is 6.35. The topological polar surface area (TPSA) is 52.6 Å². The van der Waals surface area contributed by atoms with Gasteiger partial charge < -0.3 is 15.3 Å². The molecular weight excluding hydrogens is 120 g/mol. The maximum atomic E-state index is 10.2. The van der Waals surface area contributed by atoms with Crippen molar-refractivity contribution >= 4 is 6.09 Å². The largest absolute Gasteiger partial charge is 0.465 e. The number of carbonyl (C=O) groups is 1. The Bertz CT molecular complexity index is 110. The molecule has 1 radical (unpaired) electrons. The van der Waals surface area contributed by atoms with E-state index in [1.807, 2.05) is 0 Å². The Morgan fingerprint density at radius 1 is 1.78 bits per heavy atom. The summed E-state index contributed by atoms with van der Waals surface area (Å²) in [6, 6.07) is 0. The van der Waals surface area contributed by atoms with Gasteiger partial charge in [0.25, 0.3) is 0 Å². The molecule has 1 rings (SSSR count). The molecule has 0 aromatic heterocycles. The predicted molar refractivity (Wildman–Crippen MR) is 31.9 cm³/mol. The average molecular weight is 129 g/mol. The molecule has 1 heterocycles. The molecular formula is C5H9N2O2. The number of hydrogen-bond donors (Lipinski definition) is 2. The van der Waals surface area contributed by atoms with E-state index in [-0.39, 0.29) is 0 Å². The van der Waals surface area contributed by atoms with Gasteiger partial charge in [-0.1, -0.05) is 0 Å². The average Bonchev–Trinajstić information content (AvgIpc) is 1.90. The molecule has 0 aromatic carbocycles. The third-order valence-corrected chi connectivity index (χ3v) is 1.25. The van der Waals surface area contributed by atoms with Gasteiger partial charge in [0.15, 0.2) is 0 Å². The summed E-state index contributed by atoms with van der Waals surface area (Å²) in [6.45, 7) is 3.56. The maximum absolute atomic E-state index is 10.2. The van der Waals surface area contributed by atoms with E-state index >= 15 is 0 Å². The molecule has 1 aliphatic heterocycles. The lowest BCUT2D eigenvalue weighted by Gasteiger charge is -2.23. The SMILES string of the molecule is O=C(O)N1C[CH]NCC1. The molecule has 1 saturated heterocycles. The standard InChI is InChI=1S/C5H9N2O2/c8-5(9)7-3-1-6-2-4-7/h1,6H,2-4H2,(H,8,9). The summed E-state index contributed by atoms with van der Waals surface area (Å²) in [7, 11) is 0. The van der Waals surface area contributed by atoms with Crippen LogP contribution in [0.2, 0.25) is 0 Å². The van der Waals surface area contributed by atoms with Gasteiger partial charge in [0.1, 0.15) is 0 Å². The number of nitrogens with zero attached hydrogens (tertiary/aromatic N) is 1. The van der Waals surface area contributed by atoms with E-state index in [9.17, 15) is 4.79 Å². The minimum Gasteiger partial charge on any atom is -0.465 e. The quantitative estimate of drug-likeness (QED) is 0.473. The van der Waals surface area contributed by atoms with Crippen molar-refractivity contribution in [2.45, 2.75) is 0 Å². The number of amides is 1. The molecule has 4 heteroatoms. The first-order valence-corrected chi connectivity index (χ1v) is 2.83. The van der Waals surface area contributed by atoms with E-state index in [0.29, 0.717) is 13.1 Å². The van der Waals surface area contributed by atoms with Gasteiger partial charge in [-0.3, -0.25) is 0 Å². The molecule has 0 atom stereocenters. The zero-order valence-electron chi connectivity index (χ0n) is 5.00.